The van der Waals surface area contributed by atoms with E-state index in [4.69, 9.17) is 5.73 Å². The van der Waals surface area contributed by atoms with E-state index in [2.05, 4.69) is 5.32 Å². The zero-order chi connectivity index (χ0) is 15.4. The van der Waals surface area contributed by atoms with Crippen LogP contribution in [-0.2, 0) is 15.6 Å². The smallest absolute Gasteiger partial charge is 0.237 e. The van der Waals surface area contributed by atoms with E-state index in [0.29, 0.717) is 0 Å². The quantitative estimate of drug-likeness (QED) is 0.851. The summed E-state index contributed by atoms with van der Waals surface area (Å²) in [5.41, 5.74) is 5.90. The highest BCUT2D eigenvalue weighted by Gasteiger charge is 2.12. The minimum Gasteiger partial charge on any atom is -0.397 e. The predicted molar refractivity (Wildman–Crippen MR) is 77.1 cm³/mol. The number of amides is 1. The van der Waals surface area contributed by atoms with Crippen molar-refractivity contribution in [2.24, 2.45) is 0 Å². The summed E-state index contributed by atoms with van der Waals surface area (Å²) in [7, 11) is -1.70. The maximum Gasteiger partial charge on any atom is 0.237 e. The molecular formula is C14H12F2N2O2S. The van der Waals surface area contributed by atoms with Crippen LogP contribution in [0.15, 0.2) is 47.4 Å². The van der Waals surface area contributed by atoms with E-state index >= 15 is 0 Å². The number of carbonyl (C=O) groups is 1. The Morgan fingerprint density at radius 1 is 1.14 bits per heavy atom. The van der Waals surface area contributed by atoms with Crippen LogP contribution < -0.4 is 11.1 Å². The first-order valence-corrected chi connectivity index (χ1v) is 7.26. The molecule has 0 bridgehead atoms. The van der Waals surface area contributed by atoms with E-state index in [-0.39, 0.29) is 22.0 Å². The van der Waals surface area contributed by atoms with Gasteiger partial charge in [0.15, 0.2) is 0 Å². The minimum absolute atomic E-state index is 0.108. The fraction of sp³-hybridized carbons (Fsp3) is 0.0714. The van der Waals surface area contributed by atoms with Crippen LogP contribution in [0.2, 0.25) is 0 Å². The van der Waals surface area contributed by atoms with Gasteiger partial charge in [0, 0.05) is 4.90 Å². The lowest BCUT2D eigenvalue weighted by Gasteiger charge is -2.08. The maximum absolute atomic E-state index is 13.1. The van der Waals surface area contributed by atoms with Crippen molar-refractivity contribution >= 4 is 28.1 Å². The topological polar surface area (TPSA) is 72.2 Å². The number of hydrogen-bond acceptors (Lipinski definition) is 3. The Hall–Kier alpha value is -2.28. The number of halogens is 2. The summed E-state index contributed by atoms with van der Waals surface area (Å²) in [6.07, 6.45) is 0. The molecule has 1 unspecified atom stereocenters. The van der Waals surface area contributed by atoms with Crippen molar-refractivity contribution in [3.63, 3.8) is 0 Å². The Morgan fingerprint density at radius 3 is 2.57 bits per heavy atom. The van der Waals surface area contributed by atoms with Gasteiger partial charge in [-0.25, -0.2) is 8.78 Å². The SMILES string of the molecule is Nc1ccc(F)cc1NC(=O)CS(=O)c1cccc(F)c1. The number of hydrogen-bond donors (Lipinski definition) is 2. The predicted octanol–water partition coefficient (Wildman–Crippen LogP) is 2.29. The fourth-order valence-electron chi connectivity index (χ4n) is 1.63. The van der Waals surface area contributed by atoms with E-state index in [1.807, 2.05) is 0 Å². The van der Waals surface area contributed by atoms with Gasteiger partial charge in [0.1, 0.15) is 17.4 Å². The molecule has 0 saturated heterocycles. The summed E-state index contributed by atoms with van der Waals surface area (Å²) in [6.45, 7) is 0. The number of rotatable bonds is 4. The molecule has 0 aromatic heterocycles. The standard InChI is InChI=1S/C14H12F2N2O2S/c15-9-2-1-3-11(6-9)21(20)8-14(19)18-13-7-10(16)4-5-12(13)17/h1-7H,8,17H2,(H,18,19). The van der Waals surface area contributed by atoms with Crippen molar-refractivity contribution in [3.05, 3.63) is 54.1 Å². The van der Waals surface area contributed by atoms with Crippen molar-refractivity contribution in [2.75, 3.05) is 16.8 Å². The zero-order valence-corrected chi connectivity index (χ0v) is 11.6. The number of nitrogen functional groups attached to an aromatic ring is 1. The molecule has 2 aromatic carbocycles. The van der Waals surface area contributed by atoms with E-state index in [9.17, 15) is 17.8 Å². The van der Waals surface area contributed by atoms with E-state index in [1.165, 1.54) is 24.3 Å². The Kier molecular flexibility index (Phi) is 4.64. The van der Waals surface area contributed by atoms with Gasteiger partial charge >= 0.3 is 0 Å². The zero-order valence-electron chi connectivity index (χ0n) is 10.8. The van der Waals surface area contributed by atoms with Gasteiger partial charge in [-0.15, -0.1) is 0 Å². The van der Waals surface area contributed by atoms with E-state index in [1.54, 1.807) is 0 Å². The van der Waals surface area contributed by atoms with Crippen molar-refractivity contribution in [3.8, 4) is 0 Å². The van der Waals surface area contributed by atoms with Crippen molar-refractivity contribution in [1.29, 1.82) is 0 Å². The Labute approximate surface area is 122 Å². The van der Waals surface area contributed by atoms with Crippen LogP contribution >= 0.6 is 0 Å². The number of benzene rings is 2. The van der Waals surface area contributed by atoms with Crippen molar-refractivity contribution < 1.29 is 17.8 Å². The lowest BCUT2D eigenvalue weighted by molar-refractivity contribution is -0.113. The highest BCUT2D eigenvalue weighted by atomic mass is 32.2. The Balaban J connectivity index is 2.05. The molecule has 110 valence electrons. The summed E-state index contributed by atoms with van der Waals surface area (Å²) in [4.78, 5) is 12.0. The van der Waals surface area contributed by atoms with Gasteiger partial charge in [0.2, 0.25) is 5.91 Å². The third-order valence-corrected chi connectivity index (χ3v) is 3.91. The first kappa shape index (κ1) is 15.1. The molecule has 2 aromatic rings. The van der Waals surface area contributed by atoms with Gasteiger partial charge < -0.3 is 11.1 Å². The van der Waals surface area contributed by atoms with Crippen LogP contribution in [0.25, 0.3) is 0 Å². The average molecular weight is 310 g/mol. The third kappa shape index (κ3) is 4.09. The molecule has 4 nitrogen and oxygen atoms in total. The molecule has 1 atom stereocenters. The molecule has 0 aliphatic carbocycles. The lowest BCUT2D eigenvalue weighted by Crippen LogP contribution is -2.20. The number of anilines is 2. The number of carbonyl (C=O) groups excluding carboxylic acids is 1. The first-order valence-electron chi connectivity index (χ1n) is 5.94. The first-order chi connectivity index (χ1) is 9.95. The monoisotopic (exact) mass is 310 g/mol. The highest BCUT2D eigenvalue weighted by Crippen LogP contribution is 2.19. The van der Waals surface area contributed by atoms with Crippen molar-refractivity contribution in [1.82, 2.24) is 0 Å². The second-order valence-electron chi connectivity index (χ2n) is 4.23. The highest BCUT2D eigenvalue weighted by molar-refractivity contribution is 7.85. The summed E-state index contributed by atoms with van der Waals surface area (Å²) in [5.74, 6) is -2.06. The van der Waals surface area contributed by atoms with Gasteiger partial charge in [-0.3, -0.25) is 9.00 Å². The minimum atomic E-state index is -1.70. The molecule has 21 heavy (non-hydrogen) atoms. The molecule has 0 fully saturated rings. The molecule has 3 N–H and O–H groups in total. The molecule has 0 heterocycles. The van der Waals surface area contributed by atoms with Crippen LogP contribution in [-0.4, -0.2) is 15.9 Å². The average Bonchev–Trinajstić information content (AvgIpc) is 2.42. The van der Waals surface area contributed by atoms with Gasteiger partial charge in [0.05, 0.1) is 22.2 Å². The molecule has 0 aliphatic rings. The van der Waals surface area contributed by atoms with Crippen LogP contribution in [0.5, 0.6) is 0 Å². The second kappa shape index (κ2) is 6.45. The van der Waals surface area contributed by atoms with Crippen LogP contribution in [0.1, 0.15) is 0 Å². The largest absolute Gasteiger partial charge is 0.397 e. The third-order valence-electron chi connectivity index (χ3n) is 2.61. The number of nitrogens with one attached hydrogen (secondary N) is 1. The molecule has 0 aliphatic heterocycles. The molecule has 0 radical (unpaired) electrons. The second-order valence-corrected chi connectivity index (χ2v) is 5.68. The molecule has 7 heteroatoms. The van der Waals surface area contributed by atoms with Gasteiger partial charge in [0.25, 0.3) is 0 Å². The van der Waals surface area contributed by atoms with Gasteiger partial charge in [-0.1, -0.05) is 6.07 Å². The fourth-order valence-corrected chi connectivity index (χ4v) is 2.59. The van der Waals surface area contributed by atoms with Crippen LogP contribution in [0, 0.1) is 11.6 Å². The Bertz CT molecular complexity index is 707. The molecule has 2 rings (SSSR count). The summed E-state index contributed by atoms with van der Waals surface area (Å²) < 4.78 is 38.0. The summed E-state index contributed by atoms with van der Waals surface area (Å²) in [5, 5.41) is 2.38. The van der Waals surface area contributed by atoms with Crippen LogP contribution in [0.3, 0.4) is 0 Å². The summed E-state index contributed by atoms with van der Waals surface area (Å²) in [6, 6.07) is 8.73. The summed E-state index contributed by atoms with van der Waals surface area (Å²) >= 11 is 0. The van der Waals surface area contributed by atoms with Gasteiger partial charge in [-0.2, -0.15) is 0 Å². The van der Waals surface area contributed by atoms with E-state index in [0.717, 1.165) is 18.2 Å². The Morgan fingerprint density at radius 2 is 1.86 bits per heavy atom. The normalized spacial score (nSPS) is 11.9. The van der Waals surface area contributed by atoms with Crippen LogP contribution in [0.4, 0.5) is 20.2 Å². The molecular weight excluding hydrogens is 298 g/mol. The molecule has 0 spiro atoms. The van der Waals surface area contributed by atoms with Gasteiger partial charge in [-0.05, 0) is 36.4 Å². The van der Waals surface area contributed by atoms with E-state index < -0.39 is 28.3 Å². The van der Waals surface area contributed by atoms with Crippen molar-refractivity contribution in [2.45, 2.75) is 4.90 Å². The maximum atomic E-state index is 13.1. The molecule has 1 amide bonds. The number of nitrogens with two attached hydrogens (primary N) is 1. The lowest BCUT2D eigenvalue weighted by atomic mass is 10.2. The molecule has 0 saturated carbocycles.